The zero-order valence-electron chi connectivity index (χ0n) is 14.7. The van der Waals surface area contributed by atoms with Crippen molar-refractivity contribution >= 4 is 16.9 Å². The smallest absolute Gasteiger partial charge is 0.337 e. The van der Waals surface area contributed by atoms with Crippen LogP contribution in [0.1, 0.15) is 22.2 Å². The number of aromatic nitrogens is 2. The first-order valence-electron chi connectivity index (χ1n) is 7.97. The zero-order valence-corrected chi connectivity index (χ0v) is 14.7. The lowest BCUT2D eigenvalue weighted by atomic mass is 10.1. The quantitative estimate of drug-likeness (QED) is 0.693. The van der Waals surface area contributed by atoms with E-state index in [-0.39, 0.29) is 18.2 Å². The molecule has 8 heteroatoms. The van der Waals surface area contributed by atoms with E-state index in [0.717, 1.165) is 4.57 Å². The lowest BCUT2D eigenvalue weighted by Crippen LogP contribution is -2.39. The number of nitrogens with zero attached hydrogens (tertiary/aromatic N) is 2. The molecule has 1 aromatic carbocycles. The molecular formula is C18H19N3O5. The Morgan fingerprint density at radius 1 is 1.31 bits per heavy atom. The Kier molecular flexibility index (Phi) is 4.77. The molecule has 0 bridgehead atoms. The van der Waals surface area contributed by atoms with E-state index in [2.05, 4.69) is 9.72 Å². The van der Waals surface area contributed by atoms with Crippen molar-refractivity contribution in [1.29, 1.82) is 0 Å². The van der Waals surface area contributed by atoms with Crippen molar-refractivity contribution in [2.24, 2.45) is 0 Å². The van der Waals surface area contributed by atoms with Crippen molar-refractivity contribution in [2.45, 2.75) is 12.6 Å². The largest absolute Gasteiger partial charge is 0.468 e. The van der Waals surface area contributed by atoms with Crippen molar-refractivity contribution in [3.63, 3.8) is 0 Å². The van der Waals surface area contributed by atoms with Gasteiger partial charge in [-0.3, -0.25) is 14.3 Å². The number of hydrogen-bond donors (Lipinski definition) is 1. The molecule has 2 heterocycles. The summed E-state index contributed by atoms with van der Waals surface area (Å²) in [6.45, 7) is 0.128. The average molecular weight is 357 g/mol. The average Bonchev–Trinajstić information content (AvgIpc) is 3.14. The summed E-state index contributed by atoms with van der Waals surface area (Å²) in [5.41, 5.74) is -0.436. The van der Waals surface area contributed by atoms with E-state index in [4.69, 9.17) is 4.42 Å². The summed E-state index contributed by atoms with van der Waals surface area (Å²) in [6.07, 6.45) is 1.55. The molecule has 0 aliphatic carbocycles. The molecule has 2 aromatic heterocycles. The number of carbonyl (C=O) groups excluding carboxylic acids is 1. The van der Waals surface area contributed by atoms with Gasteiger partial charge in [-0.2, -0.15) is 0 Å². The molecule has 0 spiro atoms. The first-order valence-corrected chi connectivity index (χ1v) is 7.97. The summed E-state index contributed by atoms with van der Waals surface area (Å²) in [4.78, 5) is 41.4. The van der Waals surface area contributed by atoms with Crippen LogP contribution in [0.15, 0.2) is 50.6 Å². The molecule has 0 saturated heterocycles. The van der Waals surface area contributed by atoms with Crippen LogP contribution in [-0.4, -0.2) is 41.6 Å². The van der Waals surface area contributed by atoms with Crippen LogP contribution in [0.25, 0.3) is 10.9 Å². The highest BCUT2D eigenvalue weighted by molar-refractivity contribution is 5.93. The minimum atomic E-state index is -0.553. The number of likely N-dealkylation sites (N-methyl/N-ethyl adjacent to an activating group) is 1. The number of H-pyrrole nitrogens is 1. The van der Waals surface area contributed by atoms with Gasteiger partial charge < -0.3 is 14.1 Å². The maximum Gasteiger partial charge on any atom is 0.337 e. The lowest BCUT2D eigenvalue weighted by Gasteiger charge is -2.22. The number of rotatable bonds is 5. The Bertz CT molecular complexity index is 1050. The van der Waals surface area contributed by atoms with E-state index in [1.165, 1.54) is 25.3 Å². The van der Waals surface area contributed by atoms with Crippen molar-refractivity contribution in [1.82, 2.24) is 14.5 Å². The van der Waals surface area contributed by atoms with Crippen molar-refractivity contribution < 1.29 is 13.9 Å². The van der Waals surface area contributed by atoms with Crippen LogP contribution in [0.5, 0.6) is 0 Å². The number of carbonyl (C=O) groups is 1. The Hall–Kier alpha value is -3.13. The molecule has 0 aliphatic rings. The van der Waals surface area contributed by atoms with E-state index in [9.17, 15) is 14.4 Å². The summed E-state index contributed by atoms with van der Waals surface area (Å²) in [6, 6.07) is 7.71. The number of esters is 1. The van der Waals surface area contributed by atoms with E-state index < -0.39 is 17.2 Å². The first kappa shape index (κ1) is 17.7. The zero-order chi connectivity index (χ0) is 18.8. The van der Waals surface area contributed by atoms with Gasteiger partial charge in [0.25, 0.3) is 5.56 Å². The summed E-state index contributed by atoms with van der Waals surface area (Å²) < 4.78 is 11.2. The fraction of sp³-hybridized carbons (Fsp3) is 0.278. The fourth-order valence-electron chi connectivity index (χ4n) is 2.83. The standard InChI is InChI=1S/C18H19N3O5/c1-20(2)14(15-5-4-8-26-15)10-21-16(22)12-7-6-11(17(23)25-3)9-13(12)19-18(21)24/h4-9,14H,10H2,1-3H3,(H,19,24)/t14-/m0/s1. The highest BCUT2D eigenvalue weighted by atomic mass is 16.5. The van der Waals surface area contributed by atoms with Crippen molar-refractivity contribution in [3.8, 4) is 0 Å². The van der Waals surface area contributed by atoms with E-state index >= 15 is 0 Å². The second-order valence-electron chi connectivity index (χ2n) is 6.09. The number of ether oxygens (including phenoxy) is 1. The monoisotopic (exact) mass is 357 g/mol. The second kappa shape index (κ2) is 7.01. The Morgan fingerprint density at radius 3 is 2.69 bits per heavy atom. The molecule has 0 radical (unpaired) electrons. The van der Waals surface area contributed by atoms with Gasteiger partial charge in [0.15, 0.2) is 0 Å². The van der Waals surface area contributed by atoms with Gasteiger partial charge in [-0.05, 0) is 44.4 Å². The van der Waals surface area contributed by atoms with Crippen LogP contribution in [0.2, 0.25) is 0 Å². The molecule has 8 nitrogen and oxygen atoms in total. The first-order chi connectivity index (χ1) is 12.4. The molecule has 0 fully saturated rings. The molecule has 136 valence electrons. The third-order valence-electron chi connectivity index (χ3n) is 4.25. The lowest BCUT2D eigenvalue weighted by molar-refractivity contribution is 0.0601. The number of hydrogen-bond acceptors (Lipinski definition) is 6. The second-order valence-corrected chi connectivity index (χ2v) is 6.09. The van der Waals surface area contributed by atoms with Crippen molar-refractivity contribution in [3.05, 3.63) is 68.8 Å². The third-order valence-corrected chi connectivity index (χ3v) is 4.25. The third kappa shape index (κ3) is 3.18. The Labute approximate surface area is 148 Å². The minimum absolute atomic E-state index is 0.128. The number of aromatic amines is 1. The number of benzene rings is 1. The number of furan rings is 1. The van der Waals surface area contributed by atoms with Crippen LogP contribution in [0.4, 0.5) is 0 Å². The Balaban J connectivity index is 2.08. The molecule has 0 saturated carbocycles. The molecule has 26 heavy (non-hydrogen) atoms. The molecule has 1 atom stereocenters. The Morgan fingerprint density at radius 2 is 2.08 bits per heavy atom. The predicted octanol–water partition coefficient (Wildman–Crippen LogP) is 1.37. The summed E-state index contributed by atoms with van der Waals surface area (Å²) in [5, 5.41) is 0.314. The van der Waals surface area contributed by atoms with Gasteiger partial charge >= 0.3 is 11.7 Å². The molecule has 0 amide bonds. The van der Waals surface area contributed by atoms with E-state index in [1.54, 1.807) is 18.4 Å². The van der Waals surface area contributed by atoms with Crippen LogP contribution >= 0.6 is 0 Å². The topological polar surface area (TPSA) is 97.5 Å². The van der Waals surface area contributed by atoms with Crippen LogP contribution in [-0.2, 0) is 11.3 Å². The van der Waals surface area contributed by atoms with Gasteiger partial charge in [0, 0.05) is 0 Å². The number of nitrogens with one attached hydrogen (secondary N) is 1. The van der Waals surface area contributed by atoms with E-state index in [1.807, 2.05) is 19.0 Å². The minimum Gasteiger partial charge on any atom is -0.468 e. The fourth-order valence-corrected chi connectivity index (χ4v) is 2.83. The molecule has 3 rings (SSSR count). The summed E-state index contributed by atoms with van der Waals surface area (Å²) in [7, 11) is 4.95. The normalized spacial score (nSPS) is 12.5. The van der Waals surface area contributed by atoms with Gasteiger partial charge in [-0.25, -0.2) is 9.59 Å². The van der Waals surface area contributed by atoms with Gasteiger partial charge in [0.1, 0.15) is 5.76 Å². The molecular weight excluding hydrogens is 338 g/mol. The van der Waals surface area contributed by atoms with Crippen LogP contribution < -0.4 is 11.2 Å². The van der Waals surface area contributed by atoms with Crippen LogP contribution in [0.3, 0.4) is 0 Å². The molecule has 0 unspecified atom stereocenters. The maximum atomic E-state index is 12.8. The highest BCUT2D eigenvalue weighted by Gasteiger charge is 2.20. The van der Waals surface area contributed by atoms with Gasteiger partial charge in [0.05, 0.1) is 42.4 Å². The predicted molar refractivity (Wildman–Crippen MR) is 95.3 cm³/mol. The number of methoxy groups -OCH3 is 1. The SMILES string of the molecule is COC(=O)c1ccc2c(=O)n(C[C@@H](c3ccco3)N(C)C)c(=O)[nH]c2c1. The van der Waals surface area contributed by atoms with Crippen molar-refractivity contribution in [2.75, 3.05) is 21.2 Å². The molecule has 3 aromatic rings. The summed E-state index contributed by atoms with van der Waals surface area (Å²) >= 11 is 0. The molecule has 0 aliphatic heterocycles. The van der Waals surface area contributed by atoms with E-state index in [0.29, 0.717) is 16.7 Å². The molecule has 1 N–H and O–H groups in total. The van der Waals surface area contributed by atoms with Crippen LogP contribution in [0, 0.1) is 0 Å². The highest BCUT2D eigenvalue weighted by Crippen LogP contribution is 2.20. The summed E-state index contributed by atoms with van der Waals surface area (Å²) in [5.74, 6) is 0.116. The number of fused-ring (bicyclic) bond motifs is 1. The van der Waals surface area contributed by atoms with Gasteiger partial charge in [-0.15, -0.1) is 0 Å². The van der Waals surface area contributed by atoms with Gasteiger partial charge in [0.2, 0.25) is 0 Å². The maximum absolute atomic E-state index is 12.8. The van der Waals surface area contributed by atoms with Gasteiger partial charge in [-0.1, -0.05) is 0 Å².